The van der Waals surface area contributed by atoms with Crippen LogP contribution in [0.15, 0.2) is 101 Å². The lowest BCUT2D eigenvalue weighted by Gasteiger charge is -2.34. The largest absolute Gasteiger partial charge is 0.508 e. The lowest BCUT2D eigenvalue weighted by molar-refractivity contribution is -0.0189. The first-order valence-electron chi connectivity index (χ1n) is 16.4. The molecular weight excluding hydrogens is 757 g/mol. The third-order valence-corrected chi connectivity index (χ3v) is 10.00. The Hall–Kier alpha value is -5.40. The molecule has 5 aromatic carbocycles. The zero-order valence-electron chi connectivity index (χ0n) is 28.9. The number of hydrogen-bond donors (Lipinski definition) is 7. The van der Waals surface area contributed by atoms with Crippen LogP contribution in [0.2, 0.25) is 5.02 Å². The fourth-order valence-corrected chi connectivity index (χ4v) is 7.27. The lowest BCUT2D eigenvalue weighted by Crippen LogP contribution is -2.34. The smallest absolute Gasteiger partial charge is 0.338 e. The van der Waals surface area contributed by atoms with E-state index in [1.807, 2.05) is 17.8 Å². The van der Waals surface area contributed by atoms with Crippen LogP contribution >= 0.6 is 35.8 Å². The molecule has 0 saturated heterocycles. The molecule has 0 saturated carbocycles. The first-order chi connectivity index (χ1) is 25.3. The van der Waals surface area contributed by atoms with Gasteiger partial charge in [-0.2, -0.15) is 0 Å². The van der Waals surface area contributed by atoms with Crippen LogP contribution < -0.4 is 4.74 Å². The van der Waals surface area contributed by atoms with Gasteiger partial charge in [-0.3, -0.25) is 0 Å². The number of benzene rings is 5. The highest BCUT2D eigenvalue weighted by Crippen LogP contribution is 2.47. The van der Waals surface area contributed by atoms with Crippen LogP contribution in [0.25, 0.3) is 5.57 Å². The number of ether oxygens (including phenoxy) is 2. The highest BCUT2D eigenvalue weighted by atomic mass is 35.5. The van der Waals surface area contributed by atoms with Crippen LogP contribution in [0.3, 0.4) is 0 Å². The summed E-state index contributed by atoms with van der Waals surface area (Å²) in [6, 6.07) is 22.8. The van der Waals surface area contributed by atoms with E-state index < -0.39 is 41.2 Å². The predicted octanol–water partition coefficient (Wildman–Crippen LogP) is 8.14. The van der Waals surface area contributed by atoms with Crippen molar-refractivity contribution in [3.8, 4) is 46.0 Å². The Kier molecular flexibility index (Phi) is 12.3. The second-order valence-electron chi connectivity index (χ2n) is 12.7. The molecule has 0 bridgehead atoms. The molecule has 0 radical (unpaired) electrons. The maximum Gasteiger partial charge on any atom is 0.338 e. The third-order valence-electron chi connectivity index (χ3n) is 8.61. The van der Waals surface area contributed by atoms with Gasteiger partial charge in [-0.05, 0) is 85.7 Å². The van der Waals surface area contributed by atoms with E-state index in [4.69, 9.17) is 21.1 Å². The summed E-state index contributed by atoms with van der Waals surface area (Å²) in [6.07, 6.45) is 1.25. The molecule has 0 fully saturated rings. The second kappa shape index (κ2) is 16.7. The third kappa shape index (κ3) is 8.69. The van der Waals surface area contributed by atoms with Crippen molar-refractivity contribution in [3.05, 3.63) is 124 Å². The number of esters is 1. The zero-order valence-corrected chi connectivity index (χ0v) is 31.3. The summed E-state index contributed by atoms with van der Waals surface area (Å²) < 4.78 is 11.4. The molecular formula is C40H37Cl2NO10S. The molecule has 2 aliphatic rings. The van der Waals surface area contributed by atoms with E-state index in [9.17, 15) is 40.5 Å². The summed E-state index contributed by atoms with van der Waals surface area (Å²) in [5.74, 6) is -4.43. The molecule has 0 spiro atoms. The van der Waals surface area contributed by atoms with Gasteiger partial charge in [0.1, 0.15) is 23.4 Å². The number of aromatic hydroxyl groups is 7. The van der Waals surface area contributed by atoms with Crippen LogP contribution in [0.1, 0.15) is 45.1 Å². The van der Waals surface area contributed by atoms with E-state index in [0.717, 1.165) is 36.2 Å². The average Bonchev–Trinajstić information content (AvgIpc) is 3.11. The normalized spacial score (nSPS) is 16.1. The fourth-order valence-electron chi connectivity index (χ4n) is 6.01. The summed E-state index contributed by atoms with van der Waals surface area (Å²) in [4.78, 5) is 17.5. The fraction of sp³-hybridized carbons (Fsp3) is 0.175. The topological polar surface area (TPSA) is 180 Å². The average molecular weight is 795 g/mol. The Morgan fingerprint density at radius 2 is 1.54 bits per heavy atom. The van der Waals surface area contributed by atoms with Gasteiger partial charge < -0.3 is 50.1 Å². The molecule has 14 heteroatoms. The summed E-state index contributed by atoms with van der Waals surface area (Å²) in [7, 11) is 4.21. The Labute approximate surface area is 326 Å². The Morgan fingerprint density at radius 3 is 2.24 bits per heavy atom. The SMILES string of the molecule is CN(C)CCC=C1c2ccccc2Sc2ccc(Cl)cc21.Cl.O=C(OC1Cc2c(O)cc(O)cc2OC1c1ccc(O)c(O)c1)c1cc(O)c(O)c(O)c1. The molecule has 0 aromatic heterocycles. The van der Waals surface area contributed by atoms with Crippen molar-refractivity contribution in [1.82, 2.24) is 4.90 Å². The number of nitrogens with zero attached hydrogens (tertiary/aromatic N) is 1. The van der Waals surface area contributed by atoms with Gasteiger partial charge in [0, 0.05) is 51.0 Å². The van der Waals surface area contributed by atoms with Gasteiger partial charge in [-0.15, -0.1) is 12.4 Å². The molecule has 0 aliphatic carbocycles. The Bertz CT molecular complexity index is 2200. The molecule has 0 amide bonds. The lowest BCUT2D eigenvalue weighted by atomic mass is 9.93. The van der Waals surface area contributed by atoms with Crippen LogP contribution in [-0.2, 0) is 11.2 Å². The van der Waals surface area contributed by atoms with Gasteiger partial charge in [0.25, 0.3) is 0 Å². The van der Waals surface area contributed by atoms with Crippen molar-refractivity contribution in [2.24, 2.45) is 0 Å². The first-order valence-corrected chi connectivity index (χ1v) is 17.6. The molecule has 54 heavy (non-hydrogen) atoms. The van der Waals surface area contributed by atoms with E-state index >= 15 is 0 Å². The van der Waals surface area contributed by atoms with Crippen LogP contribution in [0.5, 0.6) is 46.0 Å². The number of carbonyl (C=O) groups excluding carboxylic acids is 1. The molecule has 2 atom stereocenters. The van der Waals surface area contributed by atoms with E-state index in [0.29, 0.717) is 5.56 Å². The maximum absolute atomic E-state index is 12.7. The molecule has 7 rings (SSSR count). The minimum atomic E-state index is -1.06. The number of fused-ring (bicyclic) bond motifs is 3. The van der Waals surface area contributed by atoms with Crippen molar-refractivity contribution < 1.29 is 50.0 Å². The van der Waals surface area contributed by atoms with Gasteiger partial charge in [0.2, 0.25) is 0 Å². The summed E-state index contributed by atoms with van der Waals surface area (Å²) in [5.41, 5.74) is 4.20. The van der Waals surface area contributed by atoms with Crippen molar-refractivity contribution >= 4 is 47.3 Å². The van der Waals surface area contributed by atoms with Crippen molar-refractivity contribution in [2.45, 2.75) is 34.8 Å². The Balaban J connectivity index is 0.000000221. The zero-order chi connectivity index (χ0) is 38.0. The van der Waals surface area contributed by atoms with E-state index in [-0.39, 0.29) is 53.0 Å². The second-order valence-corrected chi connectivity index (χ2v) is 14.2. The van der Waals surface area contributed by atoms with Gasteiger partial charge >= 0.3 is 5.97 Å². The number of hydrogen-bond acceptors (Lipinski definition) is 12. The number of phenolic OH excluding ortho intramolecular Hbond substituents is 7. The number of phenols is 7. The minimum absolute atomic E-state index is 0. The van der Waals surface area contributed by atoms with Gasteiger partial charge in [-0.1, -0.05) is 53.7 Å². The molecule has 2 heterocycles. The van der Waals surface area contributed by atoms with Crippen LogP contribution in [-0.4, -0.2) is 73.4 Å². The number of halogens is 2. The molecule has 2 aliphatic heterocycles. The standard InChI is InChI=1S/C22H18O10.C18H18ClNS.ClH/c23-11-6-14(25)12-8-19(32-22(30)10-4-16(27)20(29)17(28)5-10)21(31-18(12)7-11)9-1-2-13(24)15(26)3-9;1-20(2)11-5-7-14-15-6-3-4-8-17(15)21-18-10-9-13(19)12-16(14)18;/h1-7,19,21,23-29H,8H2;3-4,6-10,12H,5,11H2,1-2H3;1H. The molecule has 282 valence electrons. The maximum atomic E-state index is 12.7. The van der Waals surface area contributed by atoms with Crippen molar-refractivity contribution in [3.63, 3.8) is 0 Å². The molecule has 2 unspecified atom stereocenters. The van der Waals surface area contributed by atoms with Crippen LogP contribution in [0.4, 0.5) is 0 Å². The molecule has 5 aromatic rings. The van der Waals surface area contributed by atoms with E-state index in [1.54, 1.807) is 0 Å². The number of rotatable bonds is 6. The van der Waals surface area contributed by atoms with Gasteiger partial charge in [0.05, 0.1) is 5.56 Å². The highest BCUT2D eigenvalue weighted by molar-refractivity contribution is 7.99. The van der Waals surface area contributed by atoms with Gasteiger partial charge in [-0.25, -0.2) is 4.79 Å². The highest BCUT2D eigenvalue weighted by Gasteiger charge is 2.37. The Morgan fingerprint density at radius 1 is 0.833 bits per heavy atom. The molecule has 11 nitrogen and oxygen atoms in total. The first kappa shape index (κ1) is 39.8. The van der Waals surface area contributed by atoms with Gasteiger partial charge in [0.15, 0.2) is 34.9 Å². The summed E-state index contributed by atoms with van der Waals surface area (Å²) in [5, 5.41) is 69.0. The molecule has 7 N–H and O–H groups in total. The summed E-state index contributed by atoms with van der Waals surface area (Å²) in [6.45, 7) is 1.05. The summed E-state index contributed by atoms with van der Waals surface area (Å²) >= 11 is 8.03. The van der Waals surface area contributed by atoms with E-state index in [2.05, 4.69) is 61.5 Å². The van der Waals surface area contributed by atoms with E-state index in [1.165, 1.54) is 50.8 Å². The van der Waals surface area contributed by atoms with Crippen LogP contribution in [0, 0.1) is 0 Å². The quantitative estimate of drug-likeness (QED) is 0.0637. The minimum Gasteiger partial charge on any atom is -0.508 e. The van der Waals surface area contributed by atoms with Crippen molar-refractivity contribution in [1.29, 1.82) is 0 Å². The number of carbonyl (C=O) groups is 1. The predicted molar refractivity (Wildman–Crippen MR) is 207 cm³/mol. The monoisotopic (exact) mass is 793 g/mol. The van der Waals surface area contributed by atoms with Crippen molar-refractivity contribution in [2.75, 3.05) is 20.6 Å².